The molecule has 0 bridgehead atoms. The summed E-state index contributed by atoms with van der Waals surface area (Å²) in [5.74, 6) is 0.583. The first-order valence-corrected chi connectivity index (χ1v) is 5.36. The lowest BCUT2D eigenvalue weighted by Crippen LogP contribution is -2.40. The van der Waals surface area contributed by atoms with E-state index in [1.54, 1.807) is 6.92 Å². The summed E-state index contributed by atoms with van der Waals surface area (Å²) < 4.78 is 0. The van der Waals surface area contributed by atoms with Gasteiger partial charge in [0.15, 0.2) is 0 Å². The lowest BCUT2D eigenvalue weighted by atomic mass is 10.0. The number of carbonyl (C=O) groups is 1. The largest absolute Gasteiger partial charge is 0.388 e. The Hall–Kier alpha value is -0.570. The van der Waals surface area contributed by atoms with E-state index in [-0.39, 0.29) is 5.91 Å². The first kappa shape index (κ1) is 13.4. The van der Waals surface area contributed by atoms with E-state index >= 15 is 0 Å². The molecule has 84 valence electrons. The van der Waals surface area contributed by atoms with Crippen molar-refractivity contribution in [2.75, 3.05) is 6.54 Å². The minimum Gasteiger partial charge on any atom is -0.388 e. The minimum absolute atomic E-state index is 0.0347. The molecule has 0 aliphatic rings. The van der Waals surface area contributed by atoms with Crippen LogP contribution in [0.5, 0.6) is 0 Å². The third-order valence-electron chi connectivity index (χ3n) is 2.38. The first-order valence-electron chi connectivity index (χ1n) is 5.36. The van der Waals surface area contributed by atoms with Crippen LogP contribution in [0.4, 0.5) is 0 Å². The lowest BCUT2D eigenvalue weighted by molar-refractivity contribution is -0.122. The molecule has 2 N–H and O–H groups in total. The van der Waals surface area contributed by atoms with Crippen LogP contribution in [-0.2, 0) is 4.79 Å². The Labute approximate surface area is 86.9 Å². The van der Waals surface area contributed by atoms with Gasteiger partial charge in [0.1, 0.15) is 0 Å². The van der Waals surface area contributed by atoms with Crippen molar-refractivity contribution in [3.05, 3.63) is 0 Å². The van der Waals surface area contributed by atoms with Crippen LogP contribution in [0, 0.1) is 5.92 Å². The van der Waals surface area contributed by atoms with Gasteiger partial charge in [-0.3, -0.25) is 4.79 Å². The normalized spacial score (nSPS) is 15.3. The molecule has 0 aromatic rings. The van der Waals surface area contributed by atoms with E-state index in [9.17, 15) is 9.90 Å². The topological polar surface area (TPSA) is 49.3 Å². The highest BCUT2D eigenvalue weighted by Gasteiger charge is 2.17. The maximum Gasteiger partial charge on any atom is 0.220 e. The van der Waals surface area contributed by atoms with Crippen LogP contribution in [0.15, 0.2) is 0 Å². The Morgan fingerprint density at radius 2 is 2.07 bits per heavy atom. The number of amides is 1. The van der Waals surface area contributed by atoms with Gasteiger partial charge in [0.2, 0.25) is 5.91 Å². The highest BCUT2D eigenvalue weighted by molar-refractivity contribution is 5.75. The van der Waals surface area contributed by atoms with Gasteiger partial charge in [0.25, 0.3) is 0 Å². The smallest absolute Gasteiger partial charge is 0.220 e. The summed E-state index contributed by atoms with van der Waals surface area (Å²) in [7, 11) is 0. The van der Waals surface area contributed by atoms with Gasteiger partial charge in [0, 0.05) is 13.0 Å². The summed E-state index contributed by atoms with van der Waals surface area (Å²) >= 11 is 0. The summed E-state index contributed by atoms with van der Waals surface area (Å²) in [6.07, 6.45) is 2.11. The van der Waals surface area contributed by atoms with E-state index in [2.05, 4.69) is 19.2 Å². The number of nitrogens with one attached hydrogen (secondary N) is 1. The van der Waals surface area contributed by atoms with Gasteiger partial charge in [-0.05, 0) is 25.7 Å². The van der Waals surface area contributed by atoms with Crippen molar-refractivity contribution in [3.8, 4) is 0 Å². The average Bonchev–Trinajstić information content (AvgIpc) is 2.11. The van der Waals surface area contributed by atoms with Crippen molar-refractivity contribution < 1.29 is 9.90 Å². The Balaban J connectivity index is 3.64. The van der Waals surface area contributed by atoms with Crippen LogP contribution >= 0.6 is 0 Å². The molecule has 1 unspecified atom stereocenters. The van der Waals surface area contributed by atoms with Crippen LogP contribution in [0.1, 0.15) is 47.0 Å². The third kappa shape index (κ3) is 6.89. The Kier molecular flexibility index (Phi) is 5.77. The molecule has 1 atom stereocenters. The van der Waals surface area contributed by atoms with Gasteiger partial charge in [-0.15, -0.1) is 0 Å². The minimum atomic E-state index is -0.770. The zero-order valence-electron chi connectivity index (χ0n) is 9.76. The Bertz CT molecular complexity index is 176. The molecule has 0 aliphatic carbocycles. The molecule has 0 aromatic heterocycles. The fourth-order valence-electron chi connectivity index (χ4n) is 0.922. The van der Waals surface area contributed by atoms with Crippen LogP contribution < -0.4 is 5.32 Å². The standard InChI is InChI=1S/C11H23NO2/c1-5-11(4,14)8-12-10(13)7-6-9(2)3/h9,14H,5-8H2,1-4H3,(H,12,13). The second-order valence-electron chi connectivity index (χ2n) is 4.56. The van der Waals surface area contributed by atoms with Gasteiger partial charge < -0.3 is 10.4 Å². The fourth-order valence-corrected chi connectivity index (χ4v) is 0.922. The van der Waals surface area contributed by atoms with E-state index in [1.165, 1.54) is 0 Å². The zero-order valence-corrected chi connectivity index (χ0v) is 9.76. The van der Waals surface area contributed by atoms with E-state index in [4.69, 9.17) is 0 Å². The van der Waals surface area contributed by atoms with Crippen molar-refractivity contribution >= 4 is 5.91 Å². The maximum atomic E-state index is 11.3. The van der Waals surface area contributed by atoms with Crippen molar-refractivity contribution in [1.29, 1.82) is 0 Å². The summed E-state index contributed by atoms with van der Waals surface area (Å²) in [6.45, 7) is 8.17. The van der Waals surface area contributed by atoms with Crippen molar-refractivity contribution in [1.82, 2.24) is 5.32 Å². The Morgan fingerprint density at radius 1 is 1.50 bits per heavy atom. The molecule has 3 heteroatoms. The first-order chi connectivity index (χ1) is 6.37. The van der Waals surface area contributed by atoms with Crippen molar-refractivity contribution in [2.45, 2.75) is 52.6 Å². The molecule has 0 aliphatic heterocycles. The van der Waals surface area contributed by atoms with Gasteiger partial charge in [-0.1, -0.05) is 20.8 Å². The second kappa shape index (κ2) is 6.02. The van der Waals surface area contributed by atoms with Gasteiger partial charge in [0.05, 0.1) is 5.60 Å². The number of hydrogen-bond donors (Lipinski definition) is 2. The molecular formula is C11H23NO2. The van der Waals surface area contributed by atoms with Crippen LogP contribution in [-0.4, -0.2) is 23.2 Å². The number of carbonyl (C=O) groups excluding carboxylic acids is 1. The summed E-state index contributed by atoms with van der Waals surface area (Å²) in [5.41, 5.74) is -0.770. The zero-order chi connectivity index (χ0) is 11.2. The monoisotopic (exact) mass is 201 g/mol. The molecule has 0 heterocycles. The highest BCUT2D eigenvalue weighted by atomic mass is 16.3. The second-order valence-corrected chi connectivity index (χ2v) is 4.56. The molecule has 0 aromatic carbocycles. The predicted octanol–water partition coefficient (Wildman–Crippen LogP) is 1.70. The molecule has 0 saturated carbocycles. The van der Waals surface area contributed by atoms with Crippen LogP contribution in [0.2, 0.25) is 0 Å². The van der Waals surface area contributed by atoms with Gasteiger partial charge in [-0.2, -0.15) is 0 Å². The molecule has 1 amide bonds. The van der Waals surface area contributed by atoms with Crippen molar-refractivity contribution in [2.24, 2.45) is 5.92 Å². The quantitative estimate of drug-likeness (QED) is 0.687. The van der Waals surface area contributed by atoms with E-state index in [0.717, 1.165) is 6.42 Å². The fraction of sp³-hybridized carbons (Fsp3) is 0.909. The predicted molar refractivity (Wildman–Crippen MR) is 58.0 cm³/mol. The highest BCUT2D eigenvalue weighted by Crippen LogP contribution is 2.07. The van der Waals surface area contributed by atoms with Crippen LogP contribution in [0.25, 0.3) is 0 Å². The average molecular weight is 201 g/mol. The molecular weight excluding hydrogens is 178 g/mol. The van der Waals surface area contributed by atoms with Gasteiger partial charge in [-0.25, -0.2) is 0 Å². The van der Waals surface area contributed by atoms with Gasteiger partial charge >= 0.3 is 0 Å². The SMILES string of the molecule is CCC(C)(O)CNC(=O)CCC(C)C. The molecule has 0 rings (SSSR count). The molecule has 3 nitrogen and oxygen atoms in total. The lowest BCUT2D eigenvalue weighted by Gasteiger charge is -2.21. The van der Waals surface area contributed by atoms with Crippen molar-refractivity contribution in [3.63, 3.8) is 0 Å². The van der Waals surface area contributed by atoms with E-state index < -0.39 is 5.60 Å². The number of rotatable bonds is 6. The third-order valence-corrected chi connectivity index (χ3v) is 2.38. The summed E-state index contributed by atoms with van der Waals surface area (Å²) in [4.78, 5) is 11.3. The maximum absolute atomic E-state index is 11.3. The van der Waals surface area contributed by atoms with E-state index in [1.807, 2.05) is 6.92 Å². The van der Waals surface area contributed by atoms with E-state index in [0.29, 0.717) is 25.3 Å². The summed E-state index contributed by atoms with van der Waals surface area (Å²) in [5, 5.41) is 12.4. The van der Waals surface area contributed by atoms with Crippen LogP contribution in [0.3, 0.4) is 0 Å². The molecule has 14 heavy (non-hydrogen) atoms. The molecule has 0 saturated heterocycles. The number of aliphatic hydroxyl groups is 1. The molecule has 0 radical (unpaired) electrons. The summed E-state index contributed by atoms with van der Waals surface area (Å²) in [6, 6.07) is 0. The number of hydrogen-bond acceptors (Lipinski definition) is 2. The molecule has 0 spiro atoms. The molecule has 0 fully saturated rings. The Morgan fingerprint density at radius 3 is 2.50 bits per heavy atom.